The molecule has 1 aliphatic rings. The van der Waals surface area contributed by atoms with E-state index in [0.717, 1.165) is 30.7 Å². The van der Waals surface area contributed by atoms with E-state index < -0.39 is 15.8 Å². The Hall–Kier alpha value is -3.13. The number of hydrogen-bond acceptors (Lipinski definition) is 4. The predicted octanol–water partition coefficient (Wildman–Crippen LogP) is 4.59. The third kappa shape index (κ3) is 4.23. The third-order valence-electron chi connectivity index (χ3n) is 5.05. The highest BCUT2D eigenvalue weighted by molar-refractivity contribution is 7.92. The summed E-state index contributed by atoms with van der Waals surface area (Å²) >= 11 is 0. The SMILES string of the molecule is CC(c1ccco1)N(C(=O)c1ccc(NS(=O)(=O)c2ccc(F)cc2)cc1)C1CC1. The van der Waals surface area contributed by atoms with E-state index in [1.54, 1.807) is 24.5 Å². The van der Waals surface area contributed by atoms with Crippen molar-refractivity contribution in [2.75, 3.05) is 4.72 Å². The molecular weight excluding hydrogens is 407 g/mol. The minimum atomic E-state index is -3.85. The van der Waals surface area contributed by atoms with Crippen LogP contribution < -0.4 is 4.72 Å². The lowest BCUT2D eigenvalue weighted by Gasteiger charge is -2.28. The van der Waals surface area contributed by atoms with E-state index in [-0.39, 0.29) is 22.9 Å². The summed E-state index contributed by atoms with van der Waals surface area (Å²) in [6.45, 7) is 1.93. The molecule has 1 aromatic heterocycles. The first-order valence-electron chi connectivity index (χ1n) is 9.60. The molecule has 1 amide bonds. The molecule has 1 saturated carbocycles. The normalized spacial score (nSPS) is 14.9. The number of carbonyl (C=O) groups is 1. The number of amides is 1. The lowest BCUT2D eigenvalue weighted by molar-refractivity contribution is 0.0652. The number of carbonyl (C=O) groups excluding carboxylic acids is 1. The summed E-state index contributed by atoms with van der Waals surface area (Å²) in [5, 5.41) is 0. The van der Waals surface area contributed by atoms with Gasteiger partial charge in [-0.05, 0) is 80.4 Å². The molecule has 1 heterocycles. The largest absolute Gasteiger partial charge is 0.467 e. The third-order valence-corrected chi connectivity index (χ3v) is 6.45. The van der Waals surface area contributed by atoms with Gasteiger partial charge < -0.3 is 9.32 Å². The maximum absolute atomic E-state index is 13.1. The molecule has 0 radical (unpaired) electrons. The van der Waals surface area contributed by atoms with Crippen molar-refractivity contribution in [3.05, 3.63) is 84.1 Å². The molecule has 30 heavy (non-hydrogen) atoms. The van der Waals surface area contributed by atoms with Crippen molar-refractivity contribution in [2.45, 2.75) is 36.7 Å². The molecule has 8 heteroatoms. The van der Waals surface area contributed by atoms with Gasteiger partial charge in [0.2, 0.25) is 0 Å². The lowest BCUT2D eigenvalue weighted by Crippen LogP contribution is -2.35. The summed E-state index contributed by atoms with van der Waals surface area (Å²) < 4.78 is 45.8. The molecule has 156 valence electrons. The van der Waals surface area contributed by atoms with E-state index in [1.807, 2.05) is 17.9 Å². The first-order valence-corrected chi connectivity index (χ1v) is 11.1. The molecule has 0 saturated heterocycles. The summed E-state index contributed by atoms with van der Waals surface area (Å²) in [6.07, 6.45) is 3.49. The minimum absolute atomic E-state index is 0.0452. The quantitative estimate of drug-likeness (QED) is 0.597. The van der Waals surface area contributed by atoms with E-state index in [2.05, 4.69) is 4.72 Å². The molecule has 1 aliphatic carbocycles. The molecule has 0 bridgehead atoms. The molecule has 1 unspecified atom stereocenters. The Labute approximate surface area is 174 Å². The Morgan fingerprint density at radius 3 is 2.33 bits per heavy atom. The van der Waals surface area contributed by atoms with Gasteiger partial charge in [-0.1, -0.05) is 0 Å². The lowest BCUT2D eigenvalue weighted by atomic mass is 10.1. The highest BCUT2D eigenvalue weighted by atomic mass is 32.2. The predicted molar refractivity (Wildman–Crippen MR) is 110 cm³/mol. The van der Waals surface area contributed by atoms with E-state index in [0.29, 0.717) is 11.3 Å². The number of nitrogens with zero attached hydrogens (tertiary/aromatic N) is 1. The van der Waals surface area contributed by atoms with Crippen LogP contribution in [-0.4, -0.2) is 25.3 Å². The Morgan fingerprint density at radius 2 is 1.77 bits per heavy atom. The maximum Gasteiger partial charge on any atom is 0.261 e. The van der Waals surface area contributed by atoms with Gasteiger partial charge in [0.25, 0.3) is 15.9 Å². The van der Waals surface area contributed by atoms with Gasteiger partial charge in [-0.15, -0.1) is 0 Å². The van der Waals surface area contributed by atoms with Gasteiger partial charge in [-0.2, -0.15) is 0 Å². The molecule has 4 rings (SSSR count). The molecule has 1 N–H and O–H groups in total. The maximum atomic E-state index is 13.1. The fourth-order valence-corrected chi connectivity index (χ4v) is 4.39. The Morgan fingerprint density at radius 1 is 1.10 bits per heavy atom. The van der Waals surface area contributed by atoms with Crippen molar-refractivity contribution in [3.8, 4) is 0 Å². The monoisotopic (exact) mass is 428 g/mol. The second-order valence-corrected chi connectivity index (χ2v) is 8.95. The molecule has 0 spiro atoms. The van der Waals surface area contributed by atoms with Crippen LogP contribution in [0.2, 0.25) is 0 Å². The van der Waals surface area contributed by atoms with Gasteiger partial charge in [-0.25, -0.2) is 12.8 Å². The molecule has 2 aromatic carbocycles. The zero-order chi connectivity index (χ0) is 21.3. The number of hydrogen-bond donors (Lipinski definition) is 1. The number of rotatable bonds is 7. The smallest absolute Gasteiger partial charge is 0.261 e. The van der Waals surface area contributed by atoms with Crippen LogP contribution in [0.15, 0.2) is 76.2 Å². The van der Waals surface area contributed by atoms with Crippen LogP contribution in [0, 0.1) is 5.82 Å². The zero-order valence-electron chi connectivity index (χ0n) is 16.3. The molecule has 0 aliphatic heterocycles. The van der Waals surface area contributed by atoms with Gasteiger partial charge >= 0.3 is 0 Å². The van der Waals surface area contributed by atoms with Gasteiger partial charge in [0.05, 0.1) is 17.2 Å². The van der Waals surface area contributed by atoms with E-state index >= 15 is 0 Å². The van der Waals surface area contributed by atoms with E-state index in [1.165, 1.54) is 24.3 Å². The van der Waals surface area contributed by atoms with Gasteiger partial charge in [0.15, 0.2) is 0 Å². The minimum Gasteiger partial charge on any atom is -0.467 e. The molecule has 3 aromatic rings. The average molecular weight is 428 g/mol. The first kappa shape index (κ1) is 20.2. The highest BCUT2D eigenvalue weighted by Crippen LogP contribution is 2.36. The molecule has 1 fully saturated rings. The second kappa shape index (κ2) is 7.95. The summed E-state index contributed by atoms with van der Waals surface area (Å²) in [6, 6.07) is 14.4. The topological polar surface area (TPSA) is 79.6 Å². The number of halogens is 1. The Bertz CT molecular complexity index is 1120. The Kier molecular flexibility index (Phi) is 5.34. The van der Waals surface area contributed by atoms with Crippen LogP contribution in [0.5, 0.6) is 0 Å². The number of anilines is 1. The van der Waals surface area contributed by atoms with Gasteiger partial charge in [-0.3, -0.25) is 9.52 Å². The van der Waals surface area contributed by atoms with Gasteiger partial charge in [0.1, 0.15) is 11.6 Å². The summed E-state index contributed by atoms with van der Waals surface area (Å²) in [4.78, 5) is 14.9. The highest BCUT2D eigenvalue weighted by Gasteiger charge is 2.37. The van der Waals surface area contributed by atoms with E-state index in [9.17, 15) is 17.6 Å². The molecule has 1 atom stereocenters. The zero-order valence-corrected chi connectivity index (χ0v) is 17.1. The standard InChI is InChI=1S/C22H21FN2O4S/c1-15(21-3-2-14-29-21)25(19-10-11-19)22(26)16-4-8-18(9-5-16)24-30(27,28)20-12-6-17(23)7-13-20/h2-9,12-15,19,24H,10-11H2,1H3. The number of benzene rings is 2. The van der Waals surface area contributed by atoms with Crippen LogP contribution in [0.25, 0.3) is 0 Å². The van der Waals surface area contributed by atoms with Crippen LogP contribution >= 0.6 is 0 Å². The van der Waals surface area contributed by atoms with Crippen LogP contribution in [0.3, 0.4) is 0 Å². The van der Waals surface area contributed by atoms with Gasteiger partial charge in [0, 0.05) is 17.3 Å². The number of sulfonamides is 1. The van der Waals surface area contributed by atoms with Crippen LogP contribution in [-0.2, 0) is 10.0 Å². The summed E-state index contributed by atoms with van der Waals surface area (Å²) in [5.74, 6) is 0.0779. The summed E-state index contributed by atoms with van der Waals surface area (Å²) in [7, 11) is -3.85. The fraction of sp³-hybridized carbons (Fsp3) is 0.227. The Balaban J connectivity index is 1.51. The van der Waals surface area contributed by atoms with Crippen molar-refractivity contribution in [3.63, 3.8) is 0 Å². The molecule has 6 nitrogen and oxygen atoms in total. The van der Waals surface area contributed by atoms with Crippen molar-refractivity contribution >= 4 is 21.6 Å². The average Bonchev–Trinajstić information content (AvgIpc) is 3.39. The first-order chi connectivity index (χ1) is 14.3. The summed E-state index contributed by atoms with van der Waals surface area (Å²) in [5.41, 5.74) is 0.776. The van der Waals surface area contributed by atoms with E-state index in [4.69, 9.17) is 4.42 Å². The van der Waals surface area contributed by atoms with Crippen molar-refractivity contribution < 1.29 is 22.0 Å². The van der Waals surface area contributed by atoms with Crippen molar-refractivity contribution in [2.24, 2.45) is 0 Å². The van der Waals surface area contributed by atoms with Crippen molar-refractivity contribution in [1.82, 2.24) is 4.90 Å². The fourth-order valence-electron chi connectivity index (χ4n) is 3.33. The van der Waals surface area contributed by atoms with Crippen LogP contribution in [0.4, 0.5) is 10.1 Å². The second-order valence-electron chi connectivity index (χ2n) is 7.27. The number of furan rings is 1. The van der Waals surface area contributed by atoms with Crippen LogP contribution in [0.1, 0.15) is 41.9 Å². The van der Waals surface area contributed by atoms with Crippen molar-refractivity contribution in [1.29, 1.82) is 0 Å². The number of nitrogens with one attached hydrogen (secondary N) is 1. The molecular formula is C22H21FN2O4S.